The van der Waals surface area contributed by atoms with E-state index >= 15 is 0 Å². The van der Waals surface area contributed by atoms with Gasteiger partial charge in [-0.2, -0.15) is 0 Å². The Morgan fingerprint density at radius 2 is 1.38 bits per heavy atom. The van der Waals surface area contributed by atoms with E-state index in [9.17, 15) is 4.79 Å². The van der Waals surface area contributed by atoms with E-state index < -0.39 is 0 Å². The summed E-state index contributed by atoms with van der Waals surface area (Å²) in [7, 11) is 9.33. The van der Waals surface area contributed by atoms with Gasteiger partial charge in [0.05, 0.1) is 26.9 Å². The number of ether oxygens (including phenoxy) is 5. The lowest BCUT2D eigenvalue weighted by Gasteiger charge is -2.37. The second-order valence-electron chi connectivity index (χ2n) is 14.1. The Bertz CT molecular complexity index is 2150. The van der Waals surface area contributed by atoms with Crippen LogP contribution in [0.1, 0.15) is 55.8 Å². The zero-order valence-corrected chi connectivity index (χ0v) is 30.9. The molecule has 0 aliphatic carbocycles. The quantitative estimate of drug-likeness (QED) is 0.195. The molecule has 0 saturated heterocycles. The highest BCUT2D eigenvalue weighted by Crippen LogP contribution is 2.52. The van der Waals surface area contributed by atoms with Crippen LogP contribution in [-0.2, 0) is 25.7 Å². The van der Waals surface area contributed by atoms with Gasteiger partial charge >= 0.3 is 0 Å². The van der Waals surface area contributed by atoms with Crippen LogP contribution in [0.4, 0.5) is 5.69 Å². The fourth-order valence-electron chi connectivity index (χ4n) is 8.03. The maximum atomic E-state index is 13.7. The number of methoxy groups -OCH3 is 3. The molecular formula is C44H45N3O6. The molecule has 9 nitrogen and oxygen atoms in total. The number of fused-ring (bicyclic) bond motifs is 2. The van der Waals surface area contributed by atoms with Gasteiger partial charge < -0.3 is 29.0 Å². The molecule has 2 atom stereocenters. The summed E-state index contributed by atoms with van der Waals surface area (Å²) in [6.07, 6.45) is 3.14. The first kappa shape index (κ1) is 34.6. The van der Waals surface area contributed by atoms with Gasteiger partial charge in [0.25, 0.3) is 5.91 Å². The Balaban J connectivity index is 1.31. The molecule has 5 aromatic rings. The van der Waals surface area contributed by atoms with Crippen LogP contribution in [0.5, 0.6) is 40.2 Å². The molecule has 53 heavy (non-hydrogen) atoms. The third-order valence-electron chi connectivity index (χ3n) is 10.9. The Morgan fingerprint density at radius 3 is 2.11 bits per heavy atom. The molecule has 4 aliphatic rings. The molecule has 0 radical (unpaired) electrons. The van der Waals surface area contributed by atoms with Gasteiger partial charge in [-0.15, -0.1) is 0 Å². The first-order valence-electron chi connectivity index (χ1n) is 18.2. The number of likely N-dealkylation sites (N-methyl/N-ethyl adjacent to an activating group) is 2. The molecule has 1 amide bonds. The van der Waals surface area contributed by atoms with Crippen molar-refractivity contribution in [1.29, 1.82) is 0 Å². The fourth-order valence-corrected chi connectivity index (χ4v) is 8.03. The van der Waals surface area contributed by atoms with Crippen molar-refractivity contribution in [3.05, 3.63) is 130 Å². The predicted octanol–water partition coefficient (Wildman–Crippen LogP) is 8.41. The normalized spacial score (nSPS) is 18.1. The van der Waals surface area contributed by atoms with E-state index in [0.717, 1.165) is 49.0 Å². The summed E-state index contributed by atoms with van der Waals surface area (Å²) >= 11 is 0. The Labute approximate surface area is 311 Å². The molecule has 9 heteroatoms. The van der Waals surface area contributed by atoms with E-state index in [4.69, 9.17) is 23.7 Å². The highest BCUT2D eigenvalue weighted by molar-refractivity contribution is 6.06. The number of nitrogens with one attached hydrogen (secondary N) is 1. The van der Waals surface area contributed by atoms with E-state index in [1.165, 1.54) is 16.7 Å². The topological polar surface area (TPSA) is 81.7 Å². The maximum Gasteiger partial charge on any atom is 0.259 e. The zero-order valence-electron chi connectivity index (χ0n) is 30.9. The van der Waals surface area contributed by atoms with Crippen molar-refractivity contribution in [2.75, 3.05) is 53.8 Å². The van der Waals surface area contributed by atoms with Crippen molar-refractivity contribution in [2.24, 2.45) is 0 Å². The summed E-state index contributed by atoms with van der Waals surface area (Å²) < 4.78 is 31.6. The maximum absolute atomic E-state index is 13.7. The number of hydrogen-bond acceptors (Lipinski definition) is 8. The summed E-state index contributed by atoms with van der Waals surface area (Å²) in [6.45, 7) is 1.77. The summed E-state index contributed by atoms with van der Waals surface area (Å²) in [5.41, 5.74) is 7.99. The highest BCUT2D eigenvalue weighted by atomic mass is 16.5. The average molecular weight is 712 g/mol. The van der Waals surface area contributed by atoms with E-state index in [-0.39, 0.29) is 18.0 Å². The number of nitrogens with zero attached hydrogens (tertiary/aromatic N) is 2. The lowest BCUT2D eigenvalue weighted by Crippen LogP contribution is -2.34. The first-order chi connectivity index (χ1) is 25.8. The summed E-state index contributed by atoms with van der Waals surface area (Å²) in [6, 6.07) is 29.9. The van der Waals surface area contributed by atoms with Crippen LogP contribution in [0.3, 0.4) is 0 Å². The van der Waals surface area contributed by atoms with E-state index in [1.807, 2.05) is 60.7 Å². The lowest BCUT2D eigenvalue weighted by molar-refractivity contribution is 0.102. The summed E-state index contributed by atoms with van der Waals surface area (Å²) in [5, 5.41) is 3.04. The van der Waals surface area contributed by atoms with Crippen LogP contribution in [0.15, 0.2) is 91.0 Å². The molecule has 6 bridgehead atoms. The molecule has 9 rings (SSSR count). The second kappa shape index (κ2) is 14.5. The van der Waals surface area contributed by atoms with Gasteiger partial charge in [0.15, 0.2) is 23.0 Å². The molecule has 5 aromatic carbocycles. The van der Waals surface area contributed by atoms with Gasteiger partial charge in [-0.3, -0.25) is 14.6 Å². The number of anilines is 1. The summed E-state index contributed by atoms with van der Waals surface area (Å²) in [5.74, 6) is 3.99. The number of carbonyl (C=O) groups excluding carboxylic acids is 1. The molecular weight excluding hydrogens is 666 g/mol. The van der Waals surface area contributed by atoms with Gasteiger partial charge in [-0.1, -0.05) is 36.4 Å². The van der Waals surface area contributed by atoms with E-state index in [1.54, 1.807) is 21.3 Å². The van der Waals surface area contributed by atoms with Crippen LogP contribution in [0, 0.1) is 0 Å². The third-order valence-corrected chi connectivity index (χ3v) is 10.9. The van der Waals surface area contributed by atoms with Gasteiger partial charge in [-0.05, 0) is 122 Å². The predicted molar refractivity (Wildman–Crippen MR) is 206 cm³/mol. The van der Waals surface area contributed by atoms with Gasteiger partial charge in [-0.25, -0.2) is 0 Å². The van der Waals surface area contributed by atoms with Crippen LogP contribution < -0.4 is 29.0 Å². The average Bonchev–Trinajstić information content (AvgIpc) is 3.17. The van der Waals surface area contributed by atoms with Gasteiger partial charge in [0.2, 0.25) is 5.75 Å². The number of amides is 1. The van der Waals surface area contributed by atoms with Crippen molar-refractivity contribution in [3.8, 4) is 40.2 Å². The third kappa shape index (κ3) is 6.67. The number of rotatable bonds is 5. The Kier molecular flexibility index (Phi) is 9.45. The van der Waals surface area contributed by atoms with Crippen molar-refractivity contribution >= 4 is 11.6 Å². The molecule has 0 spiro atoms. The van der Waals surface area contributed by atoms with E-state index in [0.29, 0.717) is 57.9 Å². The van der Waals surface area contributed by atoms with E-state index in [2.05, 4.69) is 59.5 Å². The minimum atomic E-state index is -0.240. The fraction of sp³-hybridized carbons (Fsp3) is 0.295. The molecule has 0 unspecified atom stereocenters. The van der Waals surface area contributed by atoms with Crippen LogP contribution in [0.2, 0.25) is 0 Å². The highest BCUT2D eigenvalue weighted by Gasteiger charge is 2.35. The second-order valence-corrected chi connectivity index (χ2v) is 14.1. The smallest absolute Gasteiger partial charge is 0.259 e. The van der Waals surface area contributed by atoms with Crippen molar-refractivity contribution in [2.45, 2.75) is 37.8 Å². The Hall–Kier alpha value is -5.51. The number of carbonyl (C=O) groups is 1. The molecule has 4 heterocycles. The number of benzene rings is 5. The minimum Gasteiger partial charge on any atom is -0.493 e. The van der Waals surface area contributed by atoms with Gasteiger partial charge in [0.1, 0.15) is 11.5 Å². The summed E-state index contributed by atoms with van der Waals surface area (Å²) in [4.78, 5) is 18.5. The molecule has 272 valence electrons. The first-order valence-corrected chi connectivity index (χ1v) is 18.2. The molecule has 0 saturated carbocycles. The molecule has 1 N–H and O–H groups in total. The number of para-hydroxylation sites is 1. The monoisotopic (exact) mass is 711 g/mol. The van der Waals surface area contributed by atoms with Crippen LogP contribution in [0.25, 0.3) is 0 Å². The molecule has 4 aliphatic heterocycles. The minimum absolute atomic E-state index is 0.0916. The number of hydrogen-bond donors (Lipinski definition) is 1. The van der Waals surface area contributed by atoms with Crippen LogP contribution >= 0.6 is 0 Å². The van der Waals surface area contributed by atoms with Crippen molar-refractivity contribution in [1.82, 2.24) is 9.80 Å². The molecule has 0 fully saturated rings. The largest absolute Gasteiger partial charge is 0.493 e. The lowest BCUT2D eigenvalue weighted by atomic mass is 9.87. The van der Waals surface area contributed by atoms with Gasteiger partial charge in [0, 0.05) is 36.4 Å². The van der Waals surface area contributed by atoms with Crippen LogP contribution in [-0.4, -0.2) is 64.2 Å². The Morgan fingerprint density at radius 1 is 0.698 bits per heavy atom. The standard InChI is InChI=1S/C44H45N3O6/c1-46-19-17-29-24-38(49-3)39-26-34(29)35(46)21-27-11-14-32(15-12-27)52-37-23-28(13-16-33(37)44(48)45-31-9-7-6-8-10-31)22-36-41-30(18-20-47(36)2)25-40(50-4)42(51-5)43(41)53-39/h6-16,23-26,35-36H,17-22H2,1-5H3,(H,45,48)/t35-,36+/m0/s1. The van der Waals surface area contributed by atoms with Crippen molar-refractivity contribution in [3.63, 3.8) is 0 Å². The SMILES string of the molecule is COc1cc2c3cc1Oc1c(OC)c(OC)cc4c1[C@@H](Cc1ccc(C(=O)Nc5ccccc5)c(c1)Oc1ccc(cc1)C[C@@H]3N(C)CC2)N(C)CC4. The zero-order chi connectivity index (χ0) is 36.6. The van der Waals surface area contributed by atoms with Crippen molar-refractivity contribution < 1.29 is 28.5 Å². The molecule has 0 aromatic heterocycles.